The predicted molar refractivity (Wildman–Crippen MR) is 95.5 cm³/mol. The van der Waals surface area contributed by atoms with E-state index in [1.807, 2.05) is 0 Å². The van der Waals surface area contributed by atoms with Gasteiger partial charge in [0.05, 0.1) is 5.92 Å². The van der Waals surface area contributed by atoms with E-state index in [1.165, 1.54) is 12.8 Å². The number of amides is 1. The summed E-state index contributed by atoms with van der Waals surface area (Å²) in [7, 11) is 0. The van der Waals surface area contributed by atoms with Gasteiger partial charge in [0.2, 0.25) is 5.91 Å². The molecule has 0 aliphatic carbocycles. The average Bonchev–Trinajstić information content (AvgIpc) is 3.21. The summed E-state index contributed by atoms with van der Waals surface area (Å²) in [5.41, 5.74) is 0.501. The molecule has 4 saturated heterocycles. The van der Waals surface area contributed by atoms with E-state index < -0.39 is 0 Å². The lowest BCUT2D eigenvalue weighted by Crippen LogP contribution is -2.66. The number of nitrogens with zero attached hydrogens (tertiary/aromatic N) is 2. The zero-order valence-electron chi connectivity index (χ0n) is 15.1. The summed E-state index contributed by atoms with van der Waals surface area (Å²) >= 11 is 0. The van der Waals surface area contributed by atoms with Gasteiger partial charge < -0.3 is 14.6 Å². The average molecular weight is 357 g/mol. The van der Waals surface area contributed by atoms with E-state index in [0.717, 1.165) is 45.3 Å². The van der Waals surface area contributed by atoms with Crippen molar-refractivity contribution < 1.29 is 14.3 Å². The van der Waals surface area contributed by atoms with Gasteiger partial charge in [-0.05, 0) is 50.2 Å². The van der Waals surface area contributed by atoms with Crippen molar-refractivity contribution in [1.29, 1.82) is 0 Å². The van der Waals surface area contributed by atoms with Crippen LogP contribution in [-0.2, 0) is 9.53 Å². The maximum atomic E-state index is 13.1. The lowest BCUT2D eigenvalue weighted by atomic mass is 9.70. The number of hydrogen-bond donors (Lipinski definition) is 1. The minimum Gasteiger partial charge on any atom is -0.458 e. The molecule has 4 aliphatic heterocycles. The summed E-state index contributed by atoms with van der Waals surface area (Å²) in [6, 6.07) is 4.24. The first kappa shape index (κ1) is 16.4. The molecule has 0 aromatic carbocycles. The van der Waals surface area contributed by atoms with Crippen molar-refractivity contribution in [3.63, 3.8) is 0 Å². The van der Waals surface area contributed by atoms with Crippen LogP contribution in [0.25, 0.3) is 0 Å². The van der Waals surface area contributed by atoms with Crippen LogP contribution >= 0.6 is 0 Å². The lowest BCUT2D eigenvalue weighted by molar-refractivity contribution is -0.161. The molecule has 140 valence electrons. The van der Waals surface area contributed by atoms with Gasteiger partial charge in [-0.2, -0.15) is 0 Å². The van der Waals surface area contributed by atoms with Gasteiger partial charge in [0.1, 0.15) is 11.8 Å². The standard InChI is InChI=1S/C20H27N3O3/c24-19-15-10-13(17-5-1-2-8-23(17)19)12-22-9-6-14(11-18(15)22)26-20(25)16-4-3-7-21-16/h3-4,7,13-15,17-18,21H,1-2,5-6,8-12H2. The first-order valence-corrected chi connectivity index (χ1v) is 10.1. The maximum Gasteiger partial charge on any atom is 0.355 e. The minimum absolute atomic E-state index is 0.0875. The molecule has 0 radical (unpaired) electrons. The molecule has 4 aliphatic rings. The summed E-state index contributed by atoms with van der Waals surface area (Å²) in [6.07, 6.45) is 7.91. The fourth-order valence-electron chi connectivity index (χ4n) is 5.77. The molecule has 0 saturated carbocycles. The van der Waals surface area contributed by atoms with Gasteiger partial charge in [-0.25, -0.2) is 4.79 Å². The second-order valence-corrected chi connectivity index (χ2v) is 8.39. The van der Waals surface area contributed by atoms with Crippen molar-refractivity contribution in [2.75, 3.05) is 19.6 Å². The molecule has 1 amide bonds. The van der Waals surface area contributed by atoms with Crippen molar-refractivity contribution in [2.24, 2.45) is 11.8 Å². The van der Waals surface area contributed by atoms with Crippen LogP contribution in [0.15, 0.2) is 18.3 Å². The highest BCUT2D eigenvalue weighted by molar-refractivity contribution is 5.87. The van der Waals surface area contributed by atoms with E-state index in [9.17, 15) is 9.59 Å². The van der Waals surface area contributed by atoms with Crippen molar-refractivity contribution >= 4 is 11.9 Å². The van der Waals surface area contributed by atoms with Crippen LogP contribution in [0.1, 0.15) is 49.0 Å². The van der Waals surface area contributed by atoms with Crippen molar-refractivity contribution in [1.82, 2.24) is 14.8 Å². The van der Waals surface area contributed by atoms with E-state index >= 15 is 0 Å². The molecule has 5 heterocycles. The van der Waals surface area contributed by atoms with Crippen LogP contribution < -0.4 is 0 Å². The molecule has 26 heavy (non-hydrogen) atoms. The number of fused-ring (bicyclic) bond motifs is 6. The number of H-pyrrole nitrogens is 1. The van der Waals surface area contributed by atoms with Crippen LogP contribution in [0.2, 0.25) is 0 Å². The first-order chi connectivity index (χ1) is 12.7. The molecule has 5 atom stereocenters. The summed E-state index contributed by atoms with van der Waals surface area (Å²) < 4.78 is 5.74. The van der Waals surface area contributed by atoms with Gasteiger partial charge in [0, 0.05) is 44.3 Å². The molecule has 4 fully saturated rings. The summed E-state index contributed by atoms with van der Waals surface area (Å²) in [6.45, 7) is 2.97. The number of piperidine rings is 4. The Morgan fingerprint density at radius 2 is 2.08 bits per heavy atom. The summed E-state index contributed by atoms with van der Waals surface area (Å²) in [5, 5.41) is 0. The van der Waals surface area contributed by atoms with Crippen LogP contribution in [0.3, 0.4) is 0 Å². The first-order valence-electron chi connectivity index (χ1n) is 10.1. The highest BCUT2D eigenvalue weighted by atomic mass is 16.5. The Morgan fingerprint density at radius 3 is 2.92 bits per heavy atom. The van der Waals surface area contributed by atoms with Gasteiger partial charge in [-0.1, -0.05) is 0 Å². The molecule has 5 rings (SSSR count). The van der Waals surface area contributed by atoms with Gasteiger partial charge in [-0.3, -0.25) is 9.69 Å². The monoisotopic (exact) mass is 357 g/mol. The number of rotatable bonds is 2. The molecule has 0 spiro atoms. The Bertz CT molecular complexity index is 688. The van der Waals surface area contributed by atoms with Gasteiger partial charge in [0.15, 0.2) is 0 Å². The molecule has 6 nitrogen and oxygen atoms in total. The highest BCUT2D eigenvalue weighted by Crippen LogP contribution is 2.43. The van der Waals surface area contributed by atoms with Crippen LogP contribution in [0.4, 0.5) is 0 Å². The largest absolute Gasteiger partial charge is 0.458 e. The highest BCUT2D eigenvalue weighted by Gasteiger charge is 2.52. The molecule has 1 aromatic heterocycles. The number of aromatic nitrogens is 1. The number of ether oxygens (including phenoxy) is 1. The van der Waals surface area contributed by atoms with Crippen LogP contribution in [0.5, 0.6) is 0 Å². The topological polar surface area (TPSA) is 65.6 Å². The second kappa shape index (κ2) is 6.41. The van der Waals surface area contributed by atoms with Crippen molar-refractivity contribution in [3.8, 4) is 0 Å². The molecular formula is C20H27N3O3. The number of aromatic amines is 1. The molecule has 6 heteroatoms. The smallest absolute Gasteiger partial charge is 0.355 e. The molecule has 1 N–H and O–H groups in total. The zero-order chi connectivity index (χ0) is 17.7. The summed E-state index contributed by atoms with van der Waals surface area (Å²) in [4.78, 5) is 33.0. The zero-order valence-corrected chi connectivity index (χ0v) is 15.1. The molecule has 5 unspecified atom stereocenters. The maximum absolute atomic E-state index is 13.1. The Labute approximate surface area is 153 Å². The summed E-state index contributed by atoms with van der Waals surface area (Å²) in [5.74, 6) is 0.799. The quantitative estimate of drug-likeness (QED) is 0.823. The molecule has 1 aromatic rings. The third-order valence-corrected chi connectivity index (χ3v) is 6.99. The van der Waals surface area contributed by atoms with E-state index in [-0.39, 0.29) is 24.0 Å². The molecule has 2 bridgehead atoms. The van der Waals surface area contributed by atoms with Gasteiger partial charge in [0.25, 0.3) is 0 Å². The number of nitrogens with one attached hydrogen (secondary N) is 1. The number of hydrogen-bond acceptors (Lipinski definition) is 4. The third-order valence-electron chi connectivity index (χ3n) is 6.99. The predicted octanol–water partition coefficient (Wildman–Crippen LogP) is 2.04. The normalized spacial score (nSPS) is 37.0. The Balaban J connectivity index is 1.30. The van der Waals surface area contributed by atoms with Crippen molar-refractivity contribution in [3.05, 3.63) is 24.0 Å². The number of carbonyl (C=O) groups is 2. The lowest BCUT2D eigenvalue weighted by Gasteiger charge is -2.56. The van der Waals surface area contributed by atoms with E-state index in [2.05, 4.69) is 14.8 Å². The minimum atomic E-state index is -0.284. The van der Waals surface area contributed by atoms with Crippen LogP contribution in [0, 0.1) is 11.8 Å². The van der Waals surface area contributed by atoms with E-state index in [1.54, 1.807) is 18.3 Å². The second-order valence-electron chi connectivity index (χ2n) is 8.39. The van der Waals surface area contributed by atoms with Gasteiger partial charge >= 0.3 is 5.97 Å². The van der Waals surface area contributed by atoms with E-state index in [0.29, 0.717) is 23.6 Å². The third kappa shape index (κ3) is 2.66. The Morgan fingerprint density at radius 1 is 1.15 bits per heavy atom. The number of esters is 1. The fraction of sp³-hybridized carbons (Fsp3) is 0.700. The molecular weight excluding hydrogens is 330 g/mol. The Hall–Kier alpha value is -1.82. The van der Waals surface area contributed by atoms with Crippen molar-refractivity contribution in [2.45, 2.75) is 56.7 Å². The SMILES string of the molecule is O=C(OC1CCN2CC3CC(C(=O)N4CCCCC34)C2C1)c1ccc[nH]1. The fourth-order valence-corrected chi connectivity index (χ4v) is 5.77. The Kier molecular flexibility index (Phi) is 4.03. The number of carbonyl (C=O) groups excluding carboxylic acids is 2. The van der Waals surface area contributed by atoms with Gasteiger partial charge in [-0.15, -0.1) is 0 Å². The van der Waals surface area contributed by atoms with E-state index in [4.69, 9.17) is 4.74 Å². The van der Waals surface area contributed by atoms with Crippen LogP contribution in [-0.4, -0.2) is 64.5 Å².